The van der Waals surface area contributed by atoms with Crippen molar-refractivity contribution in [2.75, 3.05) is 6.61 Å². The Balaban J connectivity index is 3.23. The third-order valence-corrected chi connectivity index (χ3v) is 11.8. The van der Waals surface area contributed by atoms with Gasteiger partial charge in [0, 0.05) is 0 Å². The number of aliphatic hydroxyl groups is 1. The van der Waals surface area contributed by atoms with E-state index < -0.39 is 32.2 Å². The van der Waals surface area contributed by atoms with Gasteiger partial charge in [-0.3, -0.25) is 0 Å². The fourth-order valence-electron chi connectivity index (χ4n) is 4.52. The van der Waals surface area contributed by atoms with E-state index in [1.807, 2.05) is 51.1 Å². The van der Waals surface area contributed by atoms with E-state index in [4.69, 9.17) is 9.16 Å². The number of amides is 1. The van der Waals surface area contributed by atoms with E-state index in [2.05, 4.69) is 46.9 Å². The van der Waals surface area contributed by atoms with Crippen molar-refractivity contribution in [3.63, 3.8) is 0 Å². The fourth-order valence-corrected chi connectivity index (χ4v) is 10.1. The number of hydrogen-bond donors (Lipinski definition) is 2. The van der Waals surface area contributed by atoms with Gasteiger partial charge in [-0.05, 0) is 49.4 Å². The summed E-state index contributed by atoms with van der Waals surface area (Å²) < 4.78 is 12.4. The molecule has 6 heteroatoms. The van der Waals surface area contributed by atoms with Crippen molar-refractivity contribution < 1.29 is 19.1 Å². The van der Waals surface area contributed by atoms with Crippen LogP contribution >= 0.6 is 0 Å². The molecule has 0 spiro atoms. The summed E-state index contributed by atoms with van der Waals surface area (Å²) in [6.07, 6.45) is -0.433. The van der Waals surface area contributed by atoms with Crippen LogP contribution in [0.2, 0.25) is 16.6 Å². The average Bonchev–Trinajstić information content (AvgIpc) is 2.60. The number of ether oxygens (including phenoxy) is 1. The molecule has 2 atom stereocenters. The average molecular weight is 438 g/mol. The maximum atomic E-state index is 12.6. The molecule has 0 heterocycles. The number of aliphatic hydroxyl groups excluding tert-OH is 1. The summed E-state index contributed by atoms with van der Waals surface area (Å²) in [5, 5.41) is 13.3. The summed E-state index contributed by atoms with van der Waals surface area (Å²) >= 11 is 0. The molecule has 30 heavy (non-hydrogen) atoms. The first-order chi connectivity index (χ1) is 13.8. The molecule has 172 valence electrons. The standard InChI is InChI=1S/C24H43NO4Si/c1-17(2)30(18(3)4,19(5)6)29-22(16-26)21(15-20-13-11-10-12-14-20)25-23(27)28-24(7,8)9/h10-14,17-19,21-22,26H,15-16H2,1-9H3,(H,25,27)/t21-,22-/m0/s1. The van der Waals surface area contributed by atoms with Crippen LogP contribution in [0, 0.1) is 0 Å². The lowest BCUT2D eigenvalue weighted by atomic mass is 10.0. The van der Waals surface area contributed by atoms with Gasteiger partial charge in [0.15, 0.2) is 0 Å². The molecule has 0 saturated heterocycles. The minimum Gasteiger partial charge on any atom is -0.444 e. The molecule has 0 bridgehead atoms. The number of hydrogen-bond acceptors (Lipinski definition) is 4. The maximum Gasteiger partial charge on any atom is 0.407 e. The Morgan fingerprint density at radius 1 is 1.00 bits per heavy atom. The zero-order valence-corrected chi connectivity index (χ0v) is 21.4. The molecule has 2 N–H and O–H groups in total. The highest BCUT2D eigenvalue weighted by atomic mass is 28.4. The molecular formula is C24H43NO4Si. The third kappa shape index (κ3) is 7.40. The lowest BCUT2D eigenvalue weighted by molar-refractivity contribution is 0.0341. The molecule has 1 amide bonds. The van der Waals surface area contributed by atoms with Crippen molar-refractivity contribution in [2.24, 2.45) is 0 Å². The Kier molecular flexibility index (Phi) is 10.0. The predicted molar refractivity (Wildman–Crippen MR) is 126 cm³/mol. The van der Waals surface area contributed by atoms with Crippen LogP contribution in [0.3, 0.4) is 0 Å². The molecule has 0 fully saturated rings. The quantitative estimate of drug-likeness (QED) is 0.462. The summed E-state index contributed by atoms with van der Waals surface area (Å²) in [6.45, 7) is 18.7. The Hall–Kier alpha value is -1.37. The van der Waals surface area contributed by atoms with E-state index in [-0.39, 0.29) is 6.61 Å². The summed E-state index contributed by atoms with van der Waals surface area (Å²) in [4.78, 5) is 12.6. The highest BCUT2D eigenvalue weighted by Gasteiger charge is 2.47. The molecular weight excluding hydrogens is 394 g/mol. The minimum atomic E-state index is -2.24. The lowest BCUT2D eigenvalue weighted by Crippen LogP contribution is -2.57. The van der Waals surface area contributed by atoms with E-state index in [0.29, 0.717) is 23.0 Å². The van der Waals surface area contributed by atoms with Crippen molar-refractivity contribution in [2.45, 2.75) is 103 Å². The first-order valence-electron chi connectivity index (χ1n) is 11.2. The van der Waals surface area contributed by atoms with Gasteiger partial charge < -0.3 is 19.6 Å². The molecule has 0 unspecified atom stereocenters. The van der Waals surface area contributed by atoms with Crippen LogP contribution in [0.4, 0.5) is 4.79 Å². The van der Waals surface area contributed by atoms with Crippen LogP contribution in [-0.2, 0) is 15.6 Å². The molecule has 0 aliphatic heterocycles. The minimum absolute atomic E-state index is 0.159. The Bertz CT molecular complexity index is 619. The van der Waals surface area contributed by atoms with Crippen LogP contribution in [-0.4, -0.2) is 43.9 Å². The topological polar surface area (TPSA) is 67.8 Å². The van der Waals surface area contributed by atoms with Gasteiger partial charge in [-0.1, -0.05) is 71.9 Å². The molecule has 1 aromatic carbocycles. The molecule has 0 saturated carbocycles. The molecule has 0 aromatic heterocycles. The second-order valence-corrected chi connectivity index (χ2v) is 15.5. The van der Waals surface area contributed by atoms with Crippen LogP contribution in [0.5, 0.6) is 0 Å². The second-order valence-electron chi connectivity index (χ2n) is 10.1. The highest BCUT2D eigenvalue weighted by Crippen LogP contribution is 2.43. The van der Waals surface area contributed by atoms with Crippen LogP contribution in [0.25, 0.3) is 0 Å². The summed E-state index contributed by atoms with van der Waals surface area (Å²) in [5.74, 6) is 0. The first kappa shape index (κ1) is 26.7. The van der Waals surface area contributed by atoms with Crippen molar-refractivity contribution >= 4 is 14.4 Å². The van der Waals surface area contributed by atoms with Gasteiger partial charge >= 0.3 is 6.09 Å². The zero-order valence-electron chi connectivity index (χ0n) is 20.4. The van der Waals surface area contributed by atoms with Crippen molar-refractivity contribution in [3.05, 3.63) is 35.9 Å². The Labute approximate surface area is 184 Å². The second kappa shape index (κ2) is 11.3. The van der Waals surface area contributed by atoms with Gasteiger partial charge in [0.25, 0.3) is 0 Å². The van der Waals surface area contributed by atoms with Crippen LogP contribution < -0.4 is 5.32 Å². The van der Waals surface area contributed by atoms with E-state index in [1.54, 1.807) is 0 Å². The molecule has 1 rings (SSSR count). The summed E-state index contributed by atoms with van der Waals surface area (Å²) in [6, 6.07) is 9.57. The third-order valence-electron chi connectivity index (χ3n) is 5.69. The van der Waals surface area contributed by atoms with Gasteiger partial charge in [0.1, 0.15) is 5.60 Å². The summed E-state index contributed by atoms with van der Waals surface area (Å²) in [7, 11) is -2.24. The fraction of sp³-hybridized carbons (Fsp3) is 0.708. The molecule has 1 aromatic rings. The summed E-state index contributed by atoms with van der Waals surface area (Å²) in [5.41, 5.74) is 1.62. The number of benzene rings is 1. The lowest BCUT2D eigenvalue weighted by Gasteiger charge is -2.45. The zero-order chi connectivity index (χ0) is 23.1. The van der Waals surface area contributed by atoms with E-state index >= 15 is 0 Å². The van der Waals surface area contributed by atoms with E-state index in [1.165, 1.54) is 0 Å². The van der Waals surface area contributed by atoms with Crippen LogP contribution in [0.1, 0.15) is 67.9 Å². The van der Waals surface area contributed by atoms with E-state index in [9.17, 15) is 9.90 Å². The van der Waals surface area contributed by atoms with Crippen molar-refractivity contribution in [3.8, 4) is 0 Å². The maximum absolute atomic E-state index is 12.6. The monoisotopic (exact) mass is 437 g/mol. The first-order valence-corrected chi connectivity index (χ1v) is 13.3. The number of carbonyl (C=O) groups excluding carboxylic acids is 1. The molecule has 0 aliphatic carbocycles. The van der Waals surface area contributed by atoms with Crippen molar-refractivity contribution in [1.82, 2.24) is 5.32 Å². The molecule has 0 aliphatic rings. The Morgan fingerprint density at radius 3 is 1.90 bits per heavy atom. The number of alkyl carbamates (subject to hydrolysis) is 1. The number of nitrogens with one attached hydrogen (secondary N) is 1. The van der Waals surface area contributed by atoms with Gasteiger partial charge in [-0.25, -0.2) is 4.79 Å². The number of rotatable bonds is 10. The van der Waals surface area contributed by atoms with Gasteiger partial charge in [-0.2, -0.15) is 0 Å². The van der Waals surface area contributed by atoms with Crippen LogP contribution in [0.15, 0.2) is 30.3 Å². The van der Waals surface area contributed by atoms with Gasteiger partial charge in [0.05, 0.1) is 18.8 Å². The molecule has 5 nitrogen and oxygen atoms in total. The molecule has 0 radical (unpaired) electrons. The normalized spacial score (nSPS) is 14.8. The Morgan fingerprint density at radius 2 is 1.50 bits per heavy atom. The SMILES string of the molecule is CC(C)[Si](O[C@@H](CO)[C@H](Cc1ccccc1)NC(=O)OC(C)(C)C)(C(C)C)C(C)C. The van der Waals surface area contributed by atoms with Gasteiger partial charge in [0.2, 0.25) is 8.32 Å². The predicted octanol–water partition coefficient (Wildman–Crippen LogP) is 5.68. The van der Waals surface area contributed by atoms with E-state index in [0.717, 1.165) is 5.56 Å². The van der Waals surface area contributed by atoms with Gasteiger partial charge in [-0.15, -0.1) is 0 Å². The largest absolute Gasteiger partial charge is 0.444 e. The highest BCUT2D eigenvalue weighted by molar-refractivity contribution is 6.77. The van der Waals surface area contributed by atoms with Crippen molar-refractivity contribution in [1.29, 1.82) is 0 Å². The smallest absolute Gasteiger partial charge is 0.407 e. The number of carbonyl (C=O) groups is 1.